The average Bonchev–Trinajstić information content (AvgIpc) is 3.14. The molecule has 0 amide bonds. The molecule has 8 heteroatoms. The number of fused-ring (bicyclic) bond motifs is 5. The van der Waals surface area contributed by atoms with E-state index in [2.05, 4.69) is 20.7 Å². The molecule has 1 N–H and O–H groups in total. The molecule has 6 nitrogen and oxygen atoms in total. The zero-order valence-corrected chi connectivity index (χ0v) is 14.3. The Hall–Kier alpha value is -1.25. The molecule has 0 spiro atoms. The molecule has 1 saturated heterocycles. The maximum atomic E-state index is 12.5. The second-order valence-electron chi connectivity index (χ2n) is 6.26. The Balaban J connectivity index is 1.62. The van der Waals surface area contributed by atoms with Crippen molar-refractivity contribution < 1.29 is 22.7 Å². The van der Waals surface area contributed by atoms with Gasteiger partial charge >= 0.3 is 11.9 Å². The average molecular weight is 400 g/mol. The zero-order chi connectivity index (χ0) is 16.4. The molecule has 2 saturated carbocycles. The number of esters is 2. The molecule has 1 aliphatic heterocycles. The number of benzene rings is 1. The monoisotopic (exact) mass is 399 g/mol. The highest BCUT2D eigenvalue weighted by atomic mass is 79.9. The molecule has 2 aliphatic carbocycles. The molecule has 3 fully saturated rings. The second-order valence-corrected chi connectivity index (χ2v) is 9.03. The van der Waals surface area contributed by atoms with Gasteiger partial charge in [0.15, 0.2) is 0 Å². The van der Waals surface area contributed by atoms with Crippen LogP contribution in [-0.2, 0) is 24.3 Å². The highest BCUT2D eigenvalue weighted by Gasteiger charge is 2.66. The smallest absolute Gasteiger partial charge is 0.317 e. The quantitative estimate of drug-likeness (QED) is 0.466. The van der Waals surface area contributed by atoms with Gasteiger partial charge in [-0.15, -0.1) is 0 Å². The van der Waals surface area contributed by atoms with Crippen molar-refractivity contribution in [3.8, 4) is 0 Å². The summed E-state index contributed by atoms with van der Waals surface area (Å²) in [6.07, 6.45) is 0.647. The van der Waals surface area contributed by atoms with Gasteiger partial charge in [0.25, 0.3) is 0 Å². The first-order valence-electron chi connectivity index (χ1n) is 7.37. The number of cyclic esters (lactones) is 2. The van der Waals surface area contributed by atoms with Crippen LogP contribution in [0, 0.1) is 23.7 Å². The number of carbonyl (C=O) groups is 2. The molecular formula is C15H14BrNO5S. The van der Waals surface area contributed by atoms with Crippen LogP contribution in [0.3, 0.4) is 0 Å². The predicted octanol–water partition coefficient (Wildman–Crippen LogP) is 1.06. The maximum Gasteiger partial charge on any atom is 0.317 e. The van der Waals surface area contributed by atoms with E-state index < -0.39 is 39.8 Å². The lowest BCUT2D eigenvalue weighted by Gasteiger charge is -2.32. The third-order valence-corrected chi connectivity index (χ3v) is 7.88. The van der Waals surface area contributed by atoms with Crippen LogP contribution < -0.4 is 4.72 Å². The van der Waals surface area contributed by atoms with Gasteiger partial charge in [-0.2, -0.15) is 0 Å². The van der Waals surface area contributed by atoms with E-state index in [-0.39, 0.29) is 21.6 Å². The molecule has 1 aromatic rings. The number of sulfonamides is 1. The van der Waals surface area contributed by atoms with Gasteiger partial charge in [0.1, 0.15) is 0 Å². The topological polar surface area (TPSA) is 89.5 Å². The maximum absolute atomic E-state index is 12.5. The van der Waals surface area contributed by atoms with Crippen LogP contribution in [0.15, 0.2) is 35.2 Å². The summed E-state index contributed by atoms with van der Waals surface area (Å²) < 4.78 is 32.5. The summed E-state index contributed by atoms with van der Waals surface area (Å²) in [5.41, 5.74) is 0. The zero-order valence-electron chi connectivity index (χ0n) is 11.9. The van der Waals surface area contributed by atoms with Crippen molar-refractivity contribution >= 4 is 37.9 Å². The number of hydrogen-bond acceptors (Lipinski definition) is 5. The second kappa shape index (κ2) is 5.12. The van der Waals surface area contributed by atoms with Crippen molar-refractivity contribution in [3.05, 3.63) is 30.3 Å². The van der Waals surface area contributed by atoms with Crippen molar-refractivity contribution in [2.24, 2.45) is 23.7 Å². The summed E-state index contributed by atoms with van der Waals surface area (Å²) in [6, 6.07) is 7.68. The molecular weight excluding hydrogens is 386 g/mol. The molecule has 6 atom stereocenters. The summed E-state index contributed by atoms with van der Waals surface area (Å²) >= 11 is 3.52. The first-order chi connectivity index (χ1) is 10.9. The van der Waals surface area contributed by atoms with E-state index in [9.17, 15) is 18.0 Å². The highest BCUT2D eigenvalue weighted by Crippen LogP contribution is 2.57. The van der Waals surface area contributed by atoms with Crippen molar-refractivity contribution in [2.75, 3.05) is 0 Å². The summed E-state index contributed by atoms with van der Waals surface area (Å²) in [7, 11) is -3.68. The molecule has 4 rings (SSSR count). The molecule has 3 aliphatic rings. The minimum Gasteiger partial charge on any atom is -0.393 e. The van der Waals surface area contributed by atoms with Gasteiger partial charge in [-0.1, -0.05) is 34.1 Å². The van der Waals surface area contributed by atoms with E-state index in [4.69, 9.17) is 4.74 Å². The number of ether oxygens (including phenoxy) is 1. The molecule has 0 unspecified atom stereocenters. The Morgan fingerprint density at radius 3 is 2.30 bits per heavy atom. The summed E-state index contributed by atoms with van der Waals surface area (Å²) in [6.45, 7) is 0. The van der Waals surface area contributed by atoms with E-state index in [1.165, 1.54) is 12.1 Å². The third-order valence-electron chi connectivity index (χ3n) is 5.16. The summed E-state index contributed by atoms with van der Waals surface area (Å²) in [5.74, 6) is -2.24. The van der Waals surface area contributed by atoms with Crippen molar-refractivity contribution in [2.45, 2.75) is 22.2 Å². The van der Waals surface area contributed by atoms with Crippen molar-refractivity contribution in [1.82, 2.24) is 4.72 Å². The van der Waals surface area contributed by atoms with Crippen LogP contribution in [0.25, 0.3) is 0 Å². The Morgan fingerprint density at radius 2 is 1.65 bits per heavy atom. The van der Waals surface area contributed by atoms with Crippen LogP contribution in [0.1, 0.15) is 6.42 Å². The lowest BCUT2D eigenvalue weighted by molar-refractivity contribution is -0.154. The number of hydrogen-bond donors (Lipinski definition) is 1. The van der Waals surface area contributed by atoms with Crippen LogP contribution in [0.2, 0.25) is 0 Å². The standard InChI is InChI=1S/C15H14BrNO5S/c16-12-8-6-9(11-10(8)14(18)22-15(11)19)13(12)17-23(20,21)7-4-2-1-3-5-7/h1-5,8-13,17H,6H2/t8-,9+,10-,11-,12+,13+/m1/s1. The first-order valence-corrected chi connectivity index (χ1v) is 9.77. The van der Waals surface area contributed by atoms with Gasteiger partial charge in [-0.25, -0.2) is 13.1 Å². The van der Waals surface area contributed by atoms with Gasteiger partial charge in [0.2, 0.25) is 10.0 Å². The largest absolute Gasteiger partial charge is 0.393 e. The fourth-order valence-corrected chi connectivity index (χ4v) is 6.79. The highest BCUT2D eigenvalue weighted by molar-refractivity contribution is 9.09. The van der Waals surface area contributed by atoms with Crippen LogP contribution in [0.5, 0.6) is 0 Å². The predicted molar refractivity (Wildman–Crippen MR) is 82.9 cm³/mol. The molecule has 122 valence electrons. The van der Waals surface area contributed by atoms with Crippen LogP contribution in [-0.4, -0.2) is 31.2 Å². The number of alkyl halides is 1. The number of halogens is 1. The Morgan fingerprint density at radius 1 is 1.04 bits per heavy atom. The minimum absolute atomic E-state index is 0.0765. The molecule has 0 radical (unpaired) electrons. The molecule has 0 aromatic heterocycles. The van der Waals surface area contributed by atoms with Crippen LogP contribution >= 0.6 is 15.9 Å². The van der Waals surface area contributed by atoms with E-state index in [1.54, 1.807) is 18.2 Å². The van der Waals surface area contributed by atoms with Gasteiger partial charge in [0.05, 0.1) is 16.7 Å². The van der Waals surface area contributed by atoms with Gasteiger partial charge < -0.3 is 4.74 Å². The van der Waals surface area contributed by atoms with E-state index in [1.807, 2.05) is 0 Å². The van der Waals surface area contributed by atoms with Crippen molar-refractivity contribution in [3.63, 3.8) is 0 Å². The molecule has 23 heavy (non-hydrogen) atoms. The van der Waals surface area contributed by atoms with Gasteiger partial charge in [-0.05, 0) is 30.4 Å². The van der Waals surface area contributed by atoms with E-state index in [0.29, 0.717) is 6.42 Å². The third kappa shape index (κ3) is 2.19. The van der Waals surface area contributed by atoms with E-state index in [0.717, 1.165) is 0 Å². The lowest BCUT2D eigenvalue weighted by Crippen LogP contribution is -2.50. The van der Waals surface area contributed by atoms with Crippen LogP contribution in [0.4, 0.5) is 0 Å². The number of carbonyl (C=O) groups excluding carboxylic acids is 2. The fourth-order valence-electron chi connectivity index (χ4n) is 4.22. The fraction of sp³-hybridized carbons (Fsp3) is 0.467. The lowest BCUT2D eigenvalue weighted by atomic mass is 9.79. The summed E-state index contributed by atoms with van der Waals surface area (Å²) in [5, 5.41) is 0. The van der Waals surface area contributed by atoms with Gasteiger partial charge in [-0.3, -0.25) is 9.59 Å². The Kier molecular flexibility index (Phi) is 3.40. The van der Waals surface area contributed by atoms with Crippen molar-refractivity contribution in [1.29, 1.82) is 0 Å². The normalized spacial score (nSPS) is 38.7. The van der Waals surface area contributed by atoms with Gasteiger partial charge in [0, 0.05) is 10.9 Å². The molecule has 2 bridgehead atoms. The Labute approximate surface area is 141 Å². The van der Waals surface area contributed by atoms with E-state index >= 15 is 0 Å². The molecule has 1 heterocycles. The SMILES string of the molecule is O=C1OC(=O)[C@@H]2[C@H]3C[C@H]([C@H](NS(=O)(=O)c4ccccc4)[C@H]3Br)[C@@H]12. The summed E-state index contributed by atoms with van der Waals surface area (Å²) in [4.78, 5) is 23.7. The number of rotatable bonds is 3. The first kappa shape index (κ1) is 15.3. The minimum atomic E-state index is -3.68. The Bertz CT molecular complexity index is 780. The molecule has 1 aromatic carbocycles. The number of nitrogens with one attached hydrogen (secondary N) is 1.